The highest BCUT2D eigenvalue weighted by Crippen LogP contribution is 2.57. The summed E-state index contributed by atoms with van der Waals surface area (Å²) >= 11 is 0. The van der Waals surface area contributed by atoms with E-state index < -0.39 is 5.41 Å². The van der Waals surface area contributed by atoms with E-state index in [-0.39, 0.29) is 0 Å². The minimum Gasteiger partial charge on any atom is -0.355 e. The number of nitrogens with one attached hydrogen (secondary N) is 1. The first-order chi connectivity index (χ1) is 25.6. The van der Waals surface area contributed by atoms with E-state index in [9.17, 15) is 0 Å². The second-order valence-corrected chi connectivity index (χ2v) is 13.5. The van der Waals surface area contributed by atoms with E-state index in [0.717, 1.165) is 28.9 Å². The fraction of sp³-hybridized carbons (Fsp3) is 0.0588. The summed E-state index contributed by atoms with van der Waals surface area (Å²) in [5.74, 6) is 0. The molecule has 0 heterocycles. The van der Waals surface area contributed by atoms with Crippen LogP contribution in [0.25, 0.3) is 27.8 Å². The number of anilines is 2. The zero-order valence-corrected chi connectivity index (χ0v) is 29.5. The molecule has 0 unspecified atom stereocenters. The Morgan fingerprint density at radius 1 is 0.577 bits per heavy atom. The van der Waals surface area contributed by atoms with E-state index in [1.54, 1.807) is 0 Å². The molecule has 0 spiro atoms. The third-order valence-corrected chi connectivity index (χ3v) is 10.3. The van der Waals surface area contributed by atoms with Gasteiger partial charge in [0.2, 0.25) is 0 Å². The van der Waals surface area contributed by atoms with Crippen LogP contribution < -0.4 is 5.32 Å². The predicted octanol–water partition coefficient (Wildman–Crippen LogP) is 13.2. The van der Waals surface area contributed by atoms with Crippen LogP contribution in [0, 0.1) is 0 Å². The molecule has 0 saturated heterocycles. The summed E-state index contributed by atoms with van der Waals surface area (Å²) in [5, 5.41) is 3.86. The van der Waals surface area contributed by atoms with Crippen LogP contribution in [0.3, 0.4) is 0 Å². The second kappa shape index (κ2) is 14.4. The summed E-state index contributed by atoms with van der Waals surface area (Å²) < 4.78 is 0. The first-order valence-corrected chi connectivity index (χ1v) is 18.0. The number of rotatable bonds is 10. The van der Waals surface area contributed by atoms with Crippen LogP contribution in [0.2, 0.25) is 0 Å². The van der Waals surface area contributed by atoms with E-state index in [2.05, 4.69) is 213 Å². The van der Waals surface area contributed by atoms with Crippen LogP contribution in [-0.4, -0.2) is 0 Å². The average Bonchev–Trinajstić information content (AvgIpc) is 3.50. The first kappa shape index (κ1) is 32.7. The van der Waals surface area contributed by atoms with E-state index in [1.807, 2.05) is 6.08 Å². The Morgan fingerprint density at radius 3 is 1.85 bits per heavy atom. The maximum Gasteiger partial charge on any atom is 0.0713 e. The zero-order valence-electron chi connectivity index (χ0n) is 29.5. The zero-order chi connectivity index (χ0) is 35.3. The highest BCUT2D eigenvalue weighted by Gasteiger charge is 2.46. The maximum absolute atomic E-state index is 4.23. The van der Waals surface area contributed by atoms with Crippen LogP contribution in [0.5, 0.6) is 0 Å². The minimum absolute atomic E-state index is 0.521. The molecule has 7 aromatic carbocycles. The molecule has 0 fully saturated rings. The fourth-order valence-electron chi connectivity index (χ4n) is 7.98. The minimum atomic E-state index is -0.521. The quantitative estimate of drug-likeness (QED) is 0.143. The van der Waals surface area contributed by atoms with E-state index in [0.29, 0.717) is 0 Å². The Bertz CT molecular complexity index is 2370. The van der Waals surface area contributed by atoms with Crippen molar-refractivity contribution in [3.63, 3.8) is 0 Å². The van der Waals surface area contributed by atoms with Crippen molar-refractivity contribution in [2.75, 3.05) is 5.32 Å². The highest BCUT2D eigenvalue weighted by molar-refractivity contribution is 5.89. The molecule has 1 heteroatoms. The third-order valence-electron chi connectivity index (χ3n) is 10.3. The molecule has 0 atom stereocenters. The topological polar surface area (TPSA) is 12.0 Å². The van der Waals surface area contributed by atoms with Crippen LogP contribution in [0.1, 0.15) is 40.3 Å². The molecule has 7 aromatic rings. The van der Waals surface area contributed by atoms with Gasteiger partial charge in [-0.1, -0.05) is 189 Å². The van der Waals surface area contributed by atoms with Crippen molar-refractivity contribution in [2.45, 2.75) is 18.8 Å². The number of hydrogen-bond acceptors (Lipinski definition) is 1. The third kappa shape index (κ3) is 6.12. The summed E-state index contributed by atoms with van der Waals surface area (Å²) in [7, 11) is 0. The van der Waals surface area contributed by atoms with Gasteiger partial charge in [0, 0.05) is 16.9 Å². The van der Waals surface area contributed by atoms with Gasteiger partial charge in [0.25, 0.3) is 0 Å². The van der Waals surface area contributed by atoms with Crippen LogP contribution in [0.4, 0.5) is 11.4 Å². The molecule has 8 rings (SSSR count). The Kier molecular flexibility index (Phi) is 9.08. The molecular weight excluding hydrogens is 627 g/mol. The van der Waals surface area contributed by atoms with Crippen LogP contribution in [-0.2, 0) is 11.8 Å². The molecule has 0 amide bonds. The lowest BCUT2D eigenvalue weighted by Crippen LogP contribution is -2.29. The van der Waals surface area contributed by atoms with Gasteiger partial charge in [0.1, 0.15) is 0 Å². The molecule has 1 aliphatic carbocycles. The fourth-order valence-corrected chi connectivity index (χ4v) is 7.98. The normalized spacial score (nSPS) is 13.2. The average molecular weight is 668 g/mol. The van der Waals surface area contributed by atoms with Crippen molar-refractivity contribution in [2.24, 2.45) is 0 Å². The predicted molar refractivity (Wildman–Crippen MR) is 221 cm³/mol. The Morgan fingerprint density at radius 2 is 1.17 bits per heavy atom. The van der Waals surface area contributed by atoms with Crippen LogP contribution in [0.15, 0.2) is 212 Å². The van der Waals surface area contributed by atoms with Gasteiger partial charge in [-0.25, -0.2) is 0 Å². The lowest BCUT2D eigenvalue weighted by atomic mass is 9.66. The lowest BCUT2D eigenvalue weighted by molar-refractivity contribution is 0.767. The molecule has 250 valence electrons. The van der Waals surface area contributed by atoms with E-state index >= 15 is 0 Å². The number of benzene rings is 7. The molecule has 0 saturated carbocycles. The van der Waals surface area contributed by atoms with Crippen molar-refractivity contribution < 1.29 is 0 Å². The molecule has 0 aromatic heterocycles. The summed E-state index contributed by atoms with van der Waals surface area (Å²) in [5.41, 5.74) is 16.3. The molecule has 1 aliphatic rings. The van der Waals surface area contributed by atoms with Crippen molar-refractivity contribution in [1.29, 1.82) is 0 Å². The van der Waals surface area contributed by atoms with Crippen molar-refractivity contribution >= 4 is 16.9 Å². The summed E-state index contributed by atoms with van der Waals surface area (Å²) in [6, 6.07) is 65.5. The SMILES string of the molecule is C=C/C=C(\C=C(/C)c1ccc(-c2ccccc2)cc1Nc1cccc(Cc2ccccc2)c1)C1(c2ccccc2)c2ccccc2-c2ccccc21. The molecule has 52 heavy (non-hydrogen) atoms. The molecule has 0 radical (unpaired) electrons. The van der Waals surface area contributed by atoms with Crippen LogP contribution >= 0.6 is 0 Å². The van der Waals surface area contributed by atoms with Gasteiger partial charge >= 0.3 is 0 Å². The summed E-state index contributed by atoms with van der Waals surface area (Å²) in [6.07, 6.45) is 7.39. The van der Waals surface area contributed by atoms with Crippen molar-refractivity contribution in [1.82, 2.24) is 0 Å². The number of hydrogen-bond donors (Lipinski definition) is 1. The second-order valence-electron chi connectivity index (χ2n) is 13.5. The van der Waals surface area contributed by atoms with Crippen molar-refractivity contribution in [3.8, 4) is 22.3 Å². The van der Waals surface area contributed by atoms with E-state index in [4.69, 9.17) is 0 Å². The van der Waals surface area contributed by atoms with Gasteiger partial charge in [0.05, 0.1) is 5.41 Å². The molecule has 1 N–H and O–H groups in total. The smallest absolute Gasteiger partial charge is 0.0713 e. The Labute approximate surface area is 308 Å². The standard InChI is InChI=1S/C51H41N/c1-3-18-43(51(42-24-11-6-12-25-42)48-29-15-13-27-46(48)47-28-14-16-30-49(47)51)33-37(2)45-32-31-41(40-22-9-5-10-23-40)36-50(45)52-44-26-17-21-39(35-44)34-38-19-7-4-8-20-38/h3-33,35-36,52H,1,34H2,2H3/b37-33+,43-18+. The van der Waals surface area contributed by atoms with Gasteiger partial charge in [-0.15, -0.1) is 0 Å². The number of allylic oxidation sites excluding steroid dienone is 5. The largest absolute Gasteiger partial charge is 0.355 e. The molecule has 0 bridgehead atoms. The highest BCUT2D eigenvalue weighted by atomic mass is 14.9. The van der Waals surface area contributed by atoms with Gasteiger partial charge < -0.3 is 5.32 Å². The van der Waals surface area contributed by atoms with Gasteiger partial charge in [0.15, 0.2) is 0 Å². The van der Waals surface area contributed by atoms with E-state index in [1.165, 1.54) is 55.6 Å². The first-order valence-electron chi connectivity index (χ1n) is 18.0. The molecular formula is C51H41N. The molecule has 1 nitrogen and oxygen atoms in total. The lowest BCUT2D eigenvalue weighted by Gasteiger charge is -2.35. The monoisotopic (exact) mass is 667 g/mol. The van der Waals surface area contributed by atoms with Gasteiger partial charge in [-0.3, -0.25) is 0 Å². The maximum atomic E-state index is 4.23. The van der Waals surface area contributed by atoms with Gasteiger partial charge in [-0.2, -0.15) is 0 Å². The summed E-state index contributed by atoms with van der Waals surface area (Å²) in [4.78, 5) is 0. The Hall–Kier alpha value is -6.44. The Balaban J connectivity index is 1.28. The number of fused-ring (bicyclic) bond motifs is 3. The van der Waals surface area contributed by atoms with Crippen molar-refractivity contribution in [3.05, 3.63) is 246 Å². The van der Waals surface area contributed by atoms with Gasteiger partial charge in [-0.05, 0) is 92.8 Å². The summed E-state index contributed by atoms with van der Waals surface area (Å²) in [6.45, 7) is 6.46. The molecule has 0 aliphatic heterocycles.